The van der Waals surface area contributed by atoms with Crippen molar-refractivity contribution in [3.05, 3.63) is 0 Å². The highest BCUT2D eigenvalue weighted by Crippen LogP contribution is 2.17. The minimum Gasteiger partial charge on any atom is -0.479 e. The summed E-state index contributed by atoms with van der Waals surface area (Å²) in [6.45, 7) is 5.58. The lowest BCUT2D eigenvalue weighted by molar-refractivity contribution is -0.145. The Morgan fingerprint density at radius 1 is 1.47 bits per heavy atom. The van der Waals surface area contributed by atoms with Gasteiger partial charge in [0.25, 0.3) is 0 Å². The second-order valence-corrected chi connectivity index (χ2v) is 6.53. The molecule has 0 aliphatic carbocycles. The monoisotopic (exact) mass is 305 g/mol. The molecule has 0 atom stereocenters. The molecule has 0 saturated heterocycles. The molecule has 0 spiro atoms. The Labute approximate surface area is 111 Å². The van der Waals surface area contributed by atoms with Crippen LogP contribution in [-0.4, -0.2) is 35.9 Å². The molecule has 17 heavy (non-hydrogen) atoms. The van der Waals surface area contributed by atoms with Gasteiger partial charge >= 0.3 is 5.97 Å². The first kappa shape index (κ1) is 14.5. The van der Waals surface area contributed by atoms with Gasteiger partial charge < -0.3 is 9.47 Å². The van der Waals surface area contributed by atoms with Crippen molar-refractivity contribution in [2.24, 2.45) is 4.99 Å². The van der Waals surface area contributed by atoms with Crippen molar-refractivity contribution in [2.45, 2.75) is 43.9 Å². The van der Waals surface area contributed by atoms with Crippen LogP contribution in [0.1, 0.15) is 39.5 Å². The Morgan fingerprint density at radius 2 is 2.24 bits per heavy atom. The lowest BCUT2D eigenvalue weighted by Gasteiger charge is -2.14. The Morgan fingerprint density at radius 3 is 2.82 bits per heavy atom. The van der Waals surface area contributed by atoms with E-state index in [2.05, 4.69) is 20.9 Å². The van der Waals surface area contributed by atoms with Crippen LogP contribution in [0.2, 0.25) is 0 Å². The summed E-state index contributed by atoms with van der Waals surface area (Å²) in [4.78, 5) is 15.6. The Kier molecular flexibility index (Phi) is 5.95. The molecule has 0 aromatic rings. The molecule has 1 rings (SSSR count). The first-order valence-corrected chi connectivity index (χ1v) is 6.82. The van der Waals surface area contributed by atoms with Crippen LogP contribution in [0.25, 0.3) is 0 Å². The summed E-state index contributed by atoms with van der Waals surface area (Å²) in [7, 11) is 0. The van der Waals surface area contributed by atoms with E-state index >= 15 is 0 Å². The second kappa shape index (κ2) is 6.99. The fourth-order valence-corrected chi connectivity index (χ4v) is 1.54. The number of rotatable bonds is 7. The van der Waals surface area contributed by atoms with E-state index in [-0.39, 0.29) is 5.97 Å². The topological polar surface area (TPSA) is 47.9 Å². The van der Waals surface area contributed by atoms with E-state index in [0.717, 1.165) is 44.7 Å². The van der Waals surface area contributed by atoms with Crippen molar-refractivity contribution < 1.29 is 14.3 Å². The van der Waals surface area contributed by atoms with Crippen molar-refractivity contribution in [3.63, 3.8) is 0 Å². The Hall–Kier alpha value is -0.580. The van der Waals surface area contributed by atoms with E-state index in [9.17, 15) is 4.79 Å². The predicted molar refractivity (Wildman–Crippen MR) is 70.7 cm³/mol. The van der Waals surface area contributed by atoms with E-state index < -0.39 is 4.32 Å². The standard InChI is InChI=1S/C12H20BrNO3/c1-12(2,13)11(15)17-8-5-3-4-6-10-14-7-9-16-10/h3-9H2,1-2H3. The molecule has 1 aliphatic rings. The molecule has 0 unspecified atom stereocenters. The summed E-state index contributed by atoms with van der Waals surface area (Å²) in [5.74, 6) is 0.671. The van der Waals surface area contributed by atoms with Gasteiger partial charge in [-0.05, 0) is 33.1 Å². The van der Waals surface area contributed by atoms with Gasteiger partial charge in [0.15, 0.2) is 5.90 Å². The highest BCUT2D eigenvalue weighted by atomic mass is 79.9. The summed E-state index contributed by atoms with van der Waals surface area (Å²) in [6.07, 6.45) is 3.85. The largest absolute Gasteiger partial charge is 0.479 e. The van der Waals surface area contributed by atoms with E-state index in [0.29, 0.717) is 6.61 Å². The number of halogens is 1. The molecule has 0 amide bonds. The lowest BCUT2D eigenvalue weighted by atomic mass is 10.2. The fourth-order valence-electron chi connectivity index (χ4n) is 1.42. The third kappa shape index (κ3) is 6.05. The average molecular weight is 306 g/mol. The average Bonchev–Trinajstić information content (AvgIpc) is 2.74. The molecule has 1 aliphatic heterocycles. The molecule has 5 heteroatoms. The van der Waals surface area contributed by atoms with Crippen LogP contribution in [0.5, 0.6) is 0 Å². The zero-order valence-electron chi connectivity index (χ0n) is 10.5. The van der Waals surface area contributed by atoms with Crippen LogP contribution in [-0.2, 0) is 14.3 Å². The van der Waals surface area contributed by atoms with Gasteiger partial charge in [-0.1, -0.05) is 15.9 Å². The van der Waals surface area contributed by atoms with Crippen LogP contribution in [0.4, 0.5) is 0 Å². The maximum Gasteiger partial charge on any atom is 0.322 e. The van der Waals surface area contributed by atoms with Crippen LogP contribution in [0, 0.1) is 0 Å². The van der Waals surface area contributed by atoms with Crippen LogP contribution in [0.15, 0.2) is 4.99 Å². The fraction of sp³-hybridized carbons (Fsp3) is 0.833. The van der Waals surface area contributed by atoms with E-state index in [4.69, 9.17) is 9.47 Å². The highest BCUT2D eigenvalue weighted by molar-refractivity contribution is 9.10. The van der Waals surface area contributed by atoms with Crippen molar-refractivity contribution in [1.29, 1.82) is 0 Å². The van der Waals surface area contributed by atoms with Gasteiger partial charge in [-0.2, -0.15) is 0 Å². The molecule has 4 nitrogen and oxygen atoms in total. The van der Waals surface area contributed by atoms with Crippen LogP contribution >= 0.6 is 15.9 Å². The van der Waals surface area contributed by atoms with Gasteiger partial charge in [0.05, 0.1) is 13.2 Å². The lowest BCUT2D eigenvalue weighted by Crippen LogP contribution is -2.26. The summed E-state index contributed by atoms with van der Waals surface area (Å²) >= 11 is 3.26. The minimum absolute atomic E-state index is 0.207. The number of esters is 1. The number of aliphatic imine (C=N–C) groups is 1. The molecule has 1 heterocycles. The Bertz CT molecular complexity index is 284. The molecule has 0 N–H and O–H groups in total. The molecule has 0 fully saturated rings. The maximum atomic E-state index is 11.4. The zero-order valence-corrected chi connectivity index (χ0v) is 12.1. The van der Waals surface area contributed by atoms with Gasteiger partial charge in [-0.3, -0.25) is 9.79 Å². The second-order valence-electron chi connectivity index (χ2n) is 4.54. The number of ether oxygens (including phenoxy) is 2. The number of hydrogen-bond donors (Lipinski definition) is 0. The van der Waals surface area contributed by atoms with Crippen LogP contribution < -0.4 is 0 Å². The minimum atomic E-state index is -0.584. The molecule has 0 bridgehead atoms. The molecule has 0 aromatic carbocycles. The summed E-state index contributed by atoms with van der Waals surface area (Å²) < 4.78 is 9.85. The molecular weight excluding hydrogens is 286 g/mol. The van der Waals surface area contributed by atoms with Crippen molar-refractivity contribution in [3.8, 4) is 0 Å². The summed E-state index contributed by atoms with van der Waals surface area (Å²) in [6, 6.07) is 0. The zero-order chi connectivity index (χ0) is 12.7. The smallest absolute Gasteiger partial charge is 0.322 e. The molecule has 0 radical (unpaired) electrons. The molecular formula is C12H20BrNO3. The summed E-state index contributed by atoms with van der Waals surface area (Å²) in [5, 5.41) is 0. The molecule has 0 saturated carbocycles. The number of hydrogen-bond acceptors (Lipinski definition) is 4. The number of carbonyl (C=O) groups is 1. The predicted octanol–water partition coefficient (Wildman–Crippen LogP) is 2.69. The van der Waals surface area contributed by atoms with Gasteiger partial charge in [-0.15, -0.1) is 0 Å². The normalized spacial score (nSPS) is 15.4. The van der Waals surface area contributed by atoms with Gasteiger partial charge in [-0.25, -0.2) is 0 Å². The quantitative estimate of drug-likeness (QED) is 0.413. The number of carbonyl (C=O) groups excluding carboxylic acids is 1. The van der Waals surface area contributed by atoms with Crippen molar-refractivity contribution in [1.82, 2.24) is 0 Å². The molecule has 98 valence electrons. The van der Waals surface area contributed by atoms with E-state index in [1.165, 1.54) is 0 Å². The molecule has 0 aromatic heterocycles. The number of unbranched alkanes of at least 4 members (excludes halogenated alkanes) is 2. The van der Waals surface area contributed by atoms with Crippen molar-refractivity contribution in [2.75, 3.05) is 19.8 Å². The van der Waals surface area contributed by atoms with Gasteiger partial charge in [0.2, 0.25) is 0 Å². The summed E-state index contributed by atoms with van der Waals surface area (Å²) in [5.41, 5.74) is 0. The first-order chi connectivity index (χ1) is 8.00. The first-order valence-electron chi connectivity index (χ1n) is 6.02. The third-order valence-electron chi connectivity index (χ3n) is 2.40. The van der Waals surface area contributed by atoms with E-state index in [1.807, 2.05) is 0 Å². The highest BCUT2D eigenvalue weighted by Gasteiger charge is 2.24. The SMILES string of the molecule is CC(C)(Br)C(=O)OCCCCCC1=NCCO1. The van der Waals surface area contributed by atoms with Gasteiger partial charge in [0, 0.05) is 6.42 Å². The number of nitrogens with zero attached hydrogens (tertiary/aromatic N) is 1. The van der Waals surface area contributed by atoms with Crippen molar-refractivity contribution >= 4 is 27.8 Å². The number of alkyl halides is 1. The maximum absolute atomic E-state index is 11.4. The van der Waals surface area contributed by atoms with E-state index in [1.54, 1.807) is 13.8 Å². The Balaban J connectivity index is 1.96. The van der Waals surface area contributed by atoms with Crippen LogP contribution in [0.3, 0.4) is 0 Å². The third-order valence-corrected chi connectivity index (χ3v) is 2.73. The van der Waals surface area contributed by atoms with Gasteiger partial charge in [0.1, 0.15) is 10.9 Å².